The van der Waals surface area contributed by atoms with Gasteiger partial charge in [-0.2, -0.15) is 0 Å². The van der Waals surface area contributed by atoms with Crippen molar-refractivity contribution < 1.29 is 4.74 Å². The van der Waals surface area contributed by atoms with Crippen LogP contribution in [0.4, 0.5) is 0 Å². The van der Waals surface area contributed by atoms with Gasteiger partial charge in [-0.25, -0.2) is 0 Å². The average molecular weight is 205 g/mol. The summed E-state index contributed by atoms with van der Waals surface area (Å²) in [5.41, 5.74) is 8.96. The van der Waals surface area contributed by atoms with Crippen LogP contribution in [0.25, 0.3) is 0 Å². The molecule has 0 fully saturated rings. The zero-order valence-electron chi connectivity index (χ0n) is 9.66. The van der Waals surface area contributed by atoms with E-state index in [0.29, 0.717) is 0 Å². The molecule has 2 heteroatoms. The van der Waals surface area contributed by atoms with E-state index < -0.39 is 0 Å². The van der Waals surface area contributed by atoms with Gasteiger partial charge in [0.15, 0.2) is 0 Å². The van der Waals surface area contributed by atoms with Crippen molar-refractivity contribution in [3.05, 3.63) is 35.4 Å². The molecule has 2 N–H and O–H groups in total. The van der Waals surface area contributed by atoms with Crippen LogP contribution in [0.1, 0.15) is 37.4 Å². The second kappa shape index (κ2) is 3.62. The van der Waals surface area contributed by atoms with Crippen molar-refractivity contribution in [2.75, 3.05) is 7.11 Å². The van der Waals surface area contributed by atoms with Gasteiger partial charge in [0.25, 0.3) is 0 Å². The third kappa shape index (κ3) is 1.68. The molecule has 0 radical (unpaired) electrons. The normalized spacial score (nSPS) is 28.5. The van der Waals surface area contributed by atoms with E-state index in [4.69, 9.17) is 10.5 Å². The highest BCUT2D eigenvalue weighted by molar-refractivity contribution is 5.39. The van der Waals surface area contributed by atoms with Crippen LogP contribution in [0.15, 0.2) is 24.3 Å². The summed E-state index contributed by atoms with van der Waals surface area (Å²) < 4.78 is 5.47. The lowest BCUT2D eigenvalue weighted by Gasteiger charge is -2.40. The third-order valence-corrected chi connectivity index (χ3v) is 3.46. The van der Waals surface area contributed by atoms with Gasteiger partial charge in [-0.1, -0.05) is 38.1 Å². The Morgan fingerprint density at radius 1 is 1.33 bits per heavy atom. The molecule has 0 saturated heterocycles. The molecular weight excluding hydrogens is 186 g/mol. The minimum absolute atomic E-state index is 0.0132. The van der Waals surface area contributed by atoms with E-state index in [9.17, 15) is 0 Å². The van der Waals surface area contributed by atoms with Crippen LogP contribution in [0.2, 0.25) is 0 Å². The minimum atomic E-state index is 0.0132. The van der Waals surface area contributed by atoms with Gasteiger partial charge in [0.05, 0.1) is 12.1 Å². The second-order valence-electron chi connectivity index (χ2n) is 4.98. The van der Waals surface area contributed by atoms with E-state index in [1.54, 1.807) is 7.11 Å². The summed E-state index contributed by atoms with van der Waals surface area (Å²) in [5.74, 6) is 0. The van der Waals surface area contributed by atoms with Crippen molar-refractivity contribution in [3.8, 4) is 0 Å². The third-order valence-electron chi connectivity index (χ3n) is 3.46. The summed E-state index contributed by atoms with van der Waals surface area (Å²) >= 11 is 0. The summed E-state index contributed by atoms with van der Waals surface area (Å²) in [5, 5.41) is 0. The second-order valence-corrected chi connectivity index (χ2v) is 4.98. The maximum atomic E-state index is 6.20. The lowest BCUT2D eigenvalue weighted by atomic mass is 9.70. The predicted molar refractivity (Wildman–Crippen MR) is 61.8 cm³/mol. The molecule has 82 valence electrons. The molecule has 2 rings (SSSR count). The molecule has 1 aliphatic rings. The number of hydrogen-bond acceptors (Lipinski definition) is 2. The minimum Gasteiger partial charge on any atom is -0.379 e. The summed E-state index contributed by atoms with van der Waals surface area (Å²) in [6, 6.07) is 8.44. The average Bonchev–Trinajstić information content (AvgIpc) is 2.24. The van der Waals surface area contributed by atoms with Gasteiger partial charge in [-0.15, -0.1) is 0 Å². The fourth-order valence-electron chi connectivity index (χ4n) is 2.57. The quantitative estimate of drug-likeness (QED) is 0.764. The van der Waals surface area contributed by atoms with Gasteiger partial charge in [0.1, 0.15) is 0 Å². The van der Waals surface area contributed by atoms with Gasteiger partial charge in [0, 0.05) is 7.11 Å². The maximum absolute atomic E-state index is 6.20. The van der Waals surface area contributed by atoms with E-state index in [-0.39, 0.29) is 17.6 Å². The maximum Gasteiger partial charge on any atom is 0.0772 e. The number of fused-ring (bicyclic) bond motifs is 1. The Bertz CT molecular complexity index is 359. The lowest BCUT2D eigenvalue weighted by molar-refractivity contribution is 0.0478. The number of hydrogen-bond donors (Lipinski definition) is 1. The number of nitrogens with two attached hydrogens (primary N) is 1. The Morgan fingerprint density at radius 3 is 2.67 bits per heavy atom. The SMILES string of the molecule is CO[C@H]1CC(C)(C)c2ccccc2[C@H]1N. The number of rotatable bonds is 1. The summed E-state index contributed by atoms with van der Waals surface area (Å²) in [6.45, 7) is 4.51. The Kier molecular flexibility index (Phi) is 2.57. The Labute approximate surface area is 91.4 Å². The van der Waals surface area contributed by atoms with Gasteiger partial charge in [-0.05, 0) is 23.0 Å². The molecule has 1 aromatic carbocycles. The van der Waals surface area contributed by atoms with E-state index in [1.165, 1.54) is 11.1 Å². The van der Waals surface area contributed by atoms with Crippen LogP contribution in [0, 0.1) is 0 Å². The first kappa shape index (κ1) is 10.7. The van der Waals surface area contributed by atoms with Crippen molar-refractivity contribution in [2.45, 2.75) is 37.8 Å². The van der Waals surface area contributed by atoms with Crippen molar-refractivity contribution >= 4 is 0 Å². The van der Waals surface area contributed by atoms with Gasteiger partial charge in [-0.3, -0.25) is 0 Å². The molecule has 2 nitrogen and oxygen atoms in total. The van der Waals surface area contributed by atoms with Crippen molar-refractivity contribution in [1.82, 2.24) is 0 Å². The molecule has 0 heterocycles. The summed E-state index contributed by atoms with van der Waals surface area (Å²) in [7, 11) is 1.74. The highest BCUT2D eigenvalue weighted by Crippen LogP contribution is 2.41. The number of benzene rings is 1. The Balaban J connectivity index is 2.50. The van der Waals surface area contributed by atoms with Crippen LogP contribution in [-0.2, 0) is 10.2 Å². The fourth-order valence-corrected chi connectivity index (χ4v) is 2.57. The first-order valence-electron chi connectivity index (χ1n) is 5.44. The number of ether oxygens (including phenoxy) is 1. The highest BCUT2D eigenvalue weighted by Gasteiger charge is 2.37. The van der Waals surface area contributed by atoms with Crippen LogP contribution >= 0.6 is 0 Å². The largest absolute Gasteiger partial charge is 0.379 e. The topological polar surface area (TPSA) is 35.2 Å². The molecule has 0 amide bonds. The molecule has 15 heavy (non-hydrogen) atoms. The monoisotopic (exact) mass is 205 g/mol. The molecule has 0 aliphatic heterocycles. The zero-order valence-corrected chi connectivity index (χ0v) is 9.66. The van der Waals surface area contributed by atoms with Gasteiger partial charge in [0.2, 0.25) is 0 Å². The fraction of sp³-hybridized carbons (Fsp3) is 0.538. The molecule has 0 bridgehead atoms. The first-order valence-corrected chi connectivity index (χ1v) is 5.44. The highest BCUT2D eigenvalue weighted by atomic mass is 16.5. The van der Waals surface area contributed by atoms with Crippen LogP contribution in [0.5, 0.6) is 0 Å². The molecule has 1 aliphatic carbocycles. The van der Waals surface area contributed by atoms with Crippen LogP contribution in [-0.4, -0.2) is 13.2 Å². The Morgan fingerprint density at radius 2 is 2.00 bits per heavy atom. The van der Waals surface area contributed by atoms with Crippen molar-refractivity contribution in [2.24, 2.45) is 5.73 Å². The molecule has 0 aromatic heterocycles. The van der Waals surface area contributed by atoms with Crippen LogP contribution in [0.3, 0.4) is 0 Å². The van der Waals surface area contributed by atoms with Gasteiger partial charge < -0.3 is 10.5 Å². The zero-order chi connectivity index (χ0) is 11.1. The smallest absolute Gasteiger partial charge is 0.0772 e. The summed E-state index contributed by atoms with van der Waals surface area (Å²) in [4.78, 5) is 0. The van der Waals surface area contributed by atoms with E-state index in [0.717, 1.165) is 6.42 Å². The van der Waals surface area contributed by atoms with Crippen molar-refractivity contribution in [1.29, 1.82) is 0 Å². The van der Waals surface area contributed by atoms with E-state index in [1.807, 2.05) is 6.07 Å². The number of methoxy groups -OCH3 is 1. The van der Waals surface area contributed by atoms with Crippen LogP contribution < -0.4 is 5.73 Å². The van der Waals surface area contributed by atoms with E-state index in [2.05, 4.69) is 32.0 Å². The summed E-state index contributed by atoms with van der Waals surface area (Å²) in [6.07, 6.45) is 1.12. The molecule has 2 atom stereocenters. The molecular formula is C13H19NO. The molecule has 0 unspecified atom stereocenters. The molecule has 0 saturated carbocycles. The first-order chi connectivity index (χ1) is 7.06. The predicted octanol–water partition coefficient (Wildman–Crippen LogP) is 2.38. The lowest BCUT2D eigenvalue weighted by Crippen LogP contribution is -2.40. The van der Waals surface area contributed by atoms with Crippen molar-refractivity contribution in [3.63, 3.8) is 0 Å². The molecule has 0 spiro atoms. The molecule has 1 aromatic rings. The Hall–Kier alpha value is -0.860. The van der Waals surface area contributed by atoms with Gasteiger partial charge >= 0.3 is 0 Å². The standard InChI is InChI=1S/C13H19NO/c1-13(2)8-11(15-3)12(14)9-6-4-5-7-10(9)13/h4-7,11-12H,8,14H2,1-3H3/t11-,12+/m0/s1. The van der Waals surface area contributed by atoms with E-state index >= 15 is 0 Å².